The number of hydrogen-bond donors (Lipinski definition) is 1. The van der Waals surface area contributed by atoms with Crippen molar-refractivity contribution < 1.29 is 11.3 Å². The molecule has 1 rings (SSSR count). The minimum atomic E-state index is -0.271. The number of aromatic nitrogens is 1. The molecular weight excluding hydrogens is 106 g/mol. The van der Waals surface area contributed by atoms with Crippen molar-refractivity contribution in [3.8, 4) is 5.88 Å². The Kier molecular flexibility index (Phi) is 1.04. The standard InChI is InChI=1S/C5H5NO2/c7-5-3-1-2-4-6(5)8/h1-4,7H/p+1. The molecule has 1 aromatic rings. The number of nitrogens with zero attached hydrogens (tertiary/aromatic N) is 1. The maximum absolute atomic E-state index is 10.3. The average molecular weight is 112 g/mol. The van der Waals surface area contributed by atoms with Crippen LogP contribution in [0.1, 0.15) is 1.43 Å². The highest BCUT2D eigenvalue weighted by Crippen LogP contribution is 1.94. The number of rotatable bonds is 0. The van der Waals surface area contributed by atoms with Crippen molar-refractivity contribution in [2.24, 2.45) is 0 Å². The first-order valence-corrected chi connectivity index (χ1v) is 2.18. The van der Waals surface area contributed by atoms with E-state index in [1.807, 2.05) is 0 Å². The van der Waals surface area contributed by atoms with Crippen LogP contribution in [-0.4, -0.2) is 5.11 Å². The first-order valence-electron chi connectivity index (χ1n) is 2.18. The van der Waals surface area contributed by atoms with Crippen molar-refractivity contribution in [3.63, 3.8) is 0 Å². The lowest BCUT2D eigenvalue weighted by Gasteiger charge is -1.93. The molecule has 1 N–H and O–H groups in total. The van der Waals surface area contributed by atoms with Gasteiger partial charge in [0.1, 0.15) is 0 Å². The molecule has 0 radical (unpaired) electrons. The summed E-state index contributed by atoms with van der Waals surface area (Å²) in [5, 5.41) is 18.9. The minimum Gasteiger partial charge on any atom is -0.616 e. The molecule has 42 valence electrons. The third kappa shape index (κ3) is 0.703. The molecule has 3 nitrogen and oxygen atoms in total. The van der Waals surface area contributed by atoms with Crippen LogP contribution >= 0.6 is 0 Å². The van der Waals surface area contributed by atoms with Gasteiger partial charge in [0, 0.05) is 6.07 Å². The van der Waals surface area contributed by atoms with Crippen molar-refractivity contribution in [1.29, 1.82) is 0 Å². The summed E-state index contributed by atoms with van der Waals surface area (Å²) in [6.07, 6.45) is 1.23. The zero-order valence-corrected chi connectivity index (χ0v) is 4.11. The van der Waals surface area contributed by atoms with Crippen LogP contribution in [0.5, 0.6) is 5.88 Å². The van der Waals surface area contributed by atoms with Gasteiger partial charge in [0.05, 0.1) is 6.07 Å². The average Bonchev–Trinajstić information content (AvgIpc) is 1.77. The molecule has 0 aliphatic rings. The summed E-state index contributed by atoms with van der Waals surface area (Å²) in [6, 6.07) is 4.46. The fraction of sp³-hybridized carbons (Fsp3) is 0. The Bertz CT molecular complexity index is 171. The molecule has 0 saturated heterocycles. The third-order valence-corrected chi connectivity index (χ3v) is 0.804. The molecule has 0 spiro atoms. The van der Waals surface area contributed by atoms with E-state index in [0.717, 1.165) is 0 Å². The van der Waals surface area contributed by atoms with Gasteiger partial charge in [0.15, 0.2) is 6.20 Å². The first kappa shape index (κ1) is 4.90. The maximum atomic E-state index is 10.3. The highest BCUT2D eigenvalue weighted by atomic mass is 16.5. The molecule has 0 atom stereocenters. The van der Waals surface area contributed by atoms with Gasteiger partial charge in [0.25, 0.3) is 0 Å². The second kappa shape index (κ2) is 1.69. The Labute approximate surface area is 47.9 Å². The molecule has 0 amide bonds. The summed E-state index contributed by atoms with van der Waals surface area (Å²) in [4.78, 5) is 0. The van der Waals surface area contributed by atoms with Gasteiger partial charge in [-0.05, 0) is 6.07 Å². The van der Waals surface area contributed by atoms with Crippen molar-refractivity contribution >= 4 is 0 Å². The first-order chi connectivity index (χ1) is 3.80. The smallest absolute Gasteiger partial charge is 0.616 e. The van der Waals surface area contributed by atoms with E-state index in [1.165, 1.54) is 12.3 Å². The van der Waals surface area contributed by atoms with Crippen molar-refractivity contribution in [2.45, 2.75) is 0 Å². The van der Waals surface area contributed by atoms with Gasteiger partial charge in [-0.2, -0.15) is 0 Å². The van der Waals surface area contributed by atoms with E-state index < -0.39 is 0 Å². The monoisotopic (exact) mass is 112 g/mol. The third-order valence-electron chi connectivity index (χ3n) is 0.804. The highest BCUT2D eigenvalue weighted by molar-refractivity contribution is 4.99. The lowest BCUT2D eigenvalue weighted by molar-refractivity contribution is -0.613. The van der Waals surface area contributed by atoms with Crippen LogP contribution in [0.2, 0.25) is 0 Å². The van der Waals surface area contributed by atoms with Crippen molar-refractivity contribution in [2.75, 3.05) is 0 Å². The molecule has 0 aromatic carbocycles. The van der Waals surface area contributed by atoms with Crippen molar-refractivity contribution in [1.82, 2.24) is 0 Å². The largest absolute Gasteiger partial charge is 1.00 e. The fourth-order valence-corrected chi connectivity index (χ4v) is 0.419. The van der Waals surface area contributed by atoms with Gasteiger partial charge in [-0.1, -0.05) is 0 Å². The molecule has 1 heterocycles. The number of hydrogen-bond acceptors (Lipinski definition) is 2. The van der Waals surface area contributed by atoms with Crippen LogP contribution < -0.4 is 4.73 Å². The Hall–Kier alpha value is -1.25. The molecule has 0 aliphatic heterocycles. The lowest BCUT2D eigenvalue weighted by atomic mass is 10.5. The SMILES string of the molecule is [H+].[O-][n+]1ccccc1O. The number of pyridine rings is 1. The Balaban J connectivity index is 0.000000640. The molecule has 0 aliphatic carbocycles. The molecule has 8 heavy (non-hydrogen) atoms. The summed E-state index contributed by atoms with van der Waals surface area (Å²) in [5.41, 5.74) is 0. The Morgan fingerprint density at radius 2 is 2.38 bits per heavy atom. The van der Waals surface area contributed by atoms with Crippen LogP contribution in [0.4, 0.5) is 0 Å². The highest BCUT2D eigenvalue weighted by Gasteiger charge is 1.93. The molecule has 3 heteroatoms. The zero-order valence-electron chi connectivity index (χ0n) is 5.11. The molecule has 1 aromatic heterocycles. The van der Waals surface area contributed by atoms with Crippen LogP contribution in [0.25, 0.3) is 0 Å². The number of aromatic hydroxyl groups is 1. The molecular formula is C5H6NO2+. The predicted molar refractivity (Wildman–Crippen MR) is 28.2 cm³/mol. The summed E-state index contributed by atoms with van der Waals surface area (Å²) in [5.74, 6) is -0.271. The topological polar surface area (TPSA) is 47.2 Å². The minimum absolute atomic E-state index is 0. The van der Waals surface area contributed by atoms with Crippen LogP contribution in [0.15, 0.2) is 24.4 Å². The lowest BCUT2D eigenvalue weighted by Crippen LogP contribution is -2.24. The van der Waals surface area contributed by atoms with Gasteiger partial charge < -0.3 is 10.3 Å². The van der Waals surface area contributed by atoms with Gasteiger partial charge in [0.2, 0.25) is 0 Å². The zero-order chi connectivity index (χ0) is 5.98. The quantitative estimate of drug-likeness (QED) is 0.383. The van der Waals surface area contributed by atoms with E-state index >= 15 is 0 Å². The van der Waals surface area contributed by atoms with Gasteiger partial charge >= 0.3 is 7.31 Å². The predicted octanol–water partition coefficient (Wildman–Crippen LogP) is 0.138. The molecule has 0 bridgehead atoms. The van der Waals surface area contributed by atoms with Crippen LogP contribution in [0.3, 0.4) is 0 Å². The molecule has 0 fully saturated rings. The van der Waals surface area contributed by atoms with E-state index in [-0.39, 0.29) is 7.31 Å². The molecule has 0 saturated carbocycles. The van der Waals surface area contributed by atoms with E-state index in [9.17, 15) is 5.21 Å². The summed E-state index contributed by atoms with van der Waals surface area (Å²) < 4.78 is 0.389. The van der Waals surface area contributed by atoms with Crippen molar-refractivity contribution in [3.05, 3.63) is 29.6 Å². The second-order valence-corrected chi connectivity index (χ2v) is 1.38. The summed E-state index contributed by atoms with van der Waals surface area (Å²) >= 11 is 0. The van der Waals surface area contributed by atoms with Crippen LogP contribution in [-0.2, 0) is 0 Å². The maximum Gasteiger partial charge on any atom is 1.00 e. The van der Waals surface area contributed by atoms with Gasteiger partial charge in [-0.3, -0.25) is 0 Å². The summed E-state index contributed by atoms with van der Waals surface area (Å²) in [6.45, 7) is 0. The van der Waals surface area contributed by atoms with E-state index in [0.29, 0.717) is 4.73 Å². The van der Waals surface area contributed by atoms with E-state index in [4.69, 9.17) is 5.11 Å². The molecule has 0 unspecified atom stereocenters. The van der Waals surface area contributed by atoms with E-state index in [2.05, 4.69) is 0 Å². The van der Waals surface area contributed by atoms with Gasteiger partial charge in [-0.15, -0.1) is 4.73 Å². The second-order valence-electron chi connectivity index (χ2n) is 1.38. The fourth-order valence-electron chi connectivity index (χ4n) is 0.419. The van der Waals surface area contributed by atoms with Gasteiger partial charge in [-0.25, -0.2) is 0 Å². The Morgan fingerprint density at radius 1 is 1.62 bits per heavy atom. The van der Waals surface area contributed by atoms with Crippen LogP contribution in [0, 0.1) is 5.21 Å². The normalized spacial score (nSPS) is 9.00. The summed E-state index contributed by atoms with van der Waals surface area (Å²) in [7, 11) is 0. The van der Waals surface area contributed by atoms with E-state index in [1.54, 1.807) is 12.1 Å². The Morgan fingerprint density at radius 3 is 2.75 bits per heavy atom.